The van der Waals surface area contributed by atoms with Crippen LogP contribution >= 0.6 is 0 Å². The van der Waals surface area contributed by atoms with Gasteiger partial charge in [-0.3, -0.25) is 0 Å². The van der Waals surface area contributed by atoms with Crippen LogP contribution in [0.15, 0.2) is 0 Å². The lowest BCUT2D eigenvalue weighted by molar-refractivity contribution is 0.0183. The molecule has 0 heterocycles. The highest BCUT2D eigenvalue weighted by molar-refractivity contribution is 4.71. The molecule has 92 valence electrons. The van der Waals surface area contributed by atoms with Crippen molar-refractivity contribution in [2.45, 2.75) is 66.0 Å². The van der Waals surface area contributed by atoms with Crippen LogP contribution in [0, 0.1) is 5.92 Å². The largest absolute Gasteiger partial charge is 0.377 e. The molecule has 0 aromatic carbocycles. The van der Waals surface area contributed by atoms with Gasteiger partial charge in [-0.2, -0.15) is 0 Å². The summed E-state index contributed by atoms with van der Waals surface area (Å²) in [5.74, 6) is 0.691. The summed E-state index contributed by atoms with van der Waals surface area (Å²) in [5.41, 5.74) is 0. The Morgan fingerprint density at radius 3 is 2.27 bits per heavy atom. The molecule has 2 nitrogen and oxygen atoms in total. The number of ether oxygens (including phenoxy) is 1. The Balaban J connectivity index is 3.73. The summed E-state index contributed by atoms with van der Waals surface area (Å²) < 4.78 is 5.90. The van der Waals surface area contributed by atoms with Gasteiger partial charge in [0.2, 0.25) is 0 Å². The highest BCUT2D eigenvalue weighted by Gasteiger charge is 2.15. The second-order valence-corrected chi connectivity index (χ2v) is 4.50. The van der Waals surface area contributed by atoms with Crippen molar-refractivity contribution in [2.75, 3.05) is 13.2 Å². The molecule has 0 spiro atoms. The van der Waals surface area contributed by atoms with Crippen LogP contribution in [0.25, 0.3) is 0 Å². The van der Waals surface area contributed by atoms with Crippen LogP contribution in [-0.2, 0) is 4.74 Å². The van der Waals surface area contributed by atoms with Gasteiger partial charge in [0.05, 0.1) is 6.10 Å². The van der Waals surface area contributed by atoms with E-state index >= 15 is 0 Å². The molecule has 15 heavy (non-hydrogen) atoms. The van der Waals surface area contributed by atoms with E-state index in [1.54, 1.807) is 0 Å². The van der Waals surface area contributed by atoms with E-state index in [0.717, 1.165) is 19.6 Å². The molecule has 0 radical (unpaired) electrons. The number of hydrogen-bond acceptors (Lipinski definition) is 2. The molecule has 0 amide bonds. The molecule has 0 aliphatic heterocycles. The van der Waals surface area contributed by atoms with Crippen molar-refractivity contribution < 1.29 is 4.74 Å². The lowest BCUT2D eigenvalue weighted by Gasteiger charge is -2.25. The SMILES string of the molecule is CCCC(C)COC(C)C(CC)NCC. The van der Waals surface area contributed by atoms with Crippen LogP contribution in [0.4, 0.5) is 0 Å². The highest BCUT2D eigenvalue weighted by atomic mass is 16.5. The zero-order chi connectivity index (χ0) is 11.7. The third-order valence-corrected chi connectivity index (χ3v) is 2.90. The molecular formula is C13H29NO. The topological polar surface area (TPSA) is 21.3 Å². The first-order valence-corrected chi connectivity index (χ1v) is 6.50. The predicted molar refractivity (Wildman–Crippen MR) is 67.2 cm³/mol. The molecule has 0 bridgehead atoms. The molecule has 0 aliphatic carbocycles. The van der Waals surface area contributed by atoms with Crippen molar-refractivity contribution in [3.63, 3.8) is 0 Å². The quantitative estimate of drug-likeness (QED) is 0.637. The minimum Gasteiger partial charge on any atom is -0.377 e. The predicted octanol–water partition coefficient (Wildman–Crippen LogP) is 3.22. The van der Waals surface area contributed by atoms with Crippen LogP contribution in [0.5, 0.6) is 0 Å². The summed E-state index contributed by atoms with van der Waals surface area (Å²) in [6.45, 7) is 13.0. The van der Waals surface area contributed by atoms with Gasteiger partial charge in [-0.1, -0.05) is 34.1 Å². The molecule has 0 saturated heterocycles. The average molecular weight is 215 g/mol. The van der Waals surface area contributed by atoms with Crippen molar-refractivity contribution in [1.29, 1.82) is 0 Å². The second kappa shape index (κ2) is 9.17. The smallest absolute Gasteiger partial charge is 0.0699 e. The Morgan fingerprint density at radius 2 is 1.80 bits per heavy atom. The molecule has 0 aromatic heterocycles. The maximum atomic E-state index is 5.90. The summed E-state index contributed by atoms with van der Waals surface area (Å²) in [6, 6.07) is 0.504. The number of rotatable bonds is 9. The van der Waals surface area contributed by atoms with Gasteiger partial charge in [0.15, 0.2) is 0 Å². The molecular weight excluding hydrogens is 186 g/mol. The number of hydrogen-bond donors (Lipinski definition) is 1. The summed E-state index contributed by atoms with van der Waals surface area (Å²) >= 11 is 0. The van der Waals surface area contributed by atoms with Crippen molar-refractivity contribution >= 4 is 0 Å². The average Bonchev–Trinajstić information content (AvgIpc) is 2.23. The minimum atomic E-state index is 0.328. The zero-order valence-electron chi connectivity index (χ0n) is 11.2. The van der Waals surface area contributed by atoms with Gasteiger partial charge in [0.1, 0.15) is 0 Å². The van der Waals surface area contributed by atoms with E-state index in [0.29, 0.717) is 18.1 Å². The Hall–Kier alpha value is -0.0800. The van der Waals surface area contributed by atoms with Gasteiger partial charge in [-0.15, -0.1) is 0 Å². The summed E-state index contributed by atoms with van der Waals surface area (Å²) in [7, 11) is 0. The first-order chi connectivity index (χ1) is 7.15. The molecule has 2 heteroatoms. The van der Waals surface area contributed by atoms with Crippen LogP contribution in [-0.4, -0.2) is 25.3 Å². The molecule has 3 atom stereocenters. The Bertz CT molecular complexity index is 138. The van der Waals surface area contributed by atoms with Crippen molar-refractivity contribution in [3.8, 4) is 0 Å². The van der Waals surface area contributed by atoms with E-state index in [-0.39, 0.29) is 0 Å². The van der Waals surface area contributed by atoms with Gasteiger partial charge in [0, 0.05) is 12.6 Å². The number of likely N-dealkylation sites (N-methyl/N-ethyl adjacent to an activating group) is 1. The minimum absolute atomic E-state index is 0.328. The lowest BCUT2D eigenvalue weighted by Crippen LogP contribution is -2.39. The molecule has 0 fully saturated rings. The third-order valence-electron chi connectivity index (χ3n) is 2.90. The Kier molecular flexibility index (Phi) is 9.12. The molecule has 0 aromatic rings. The van der Waals surface area contributed by atoms with Crippen molar-refractivity contribution in [1.82, 2.24) is 5.32 Å². The molecule has 0 saturated carbocycles. The highest BCUT2D eigenvalue weighted by Crippen LogP contribution is 2.09. The van der Waals surface area contributed by atoms with E-state index in [4.69, 9.17) is 4.74 Å². The van der Waals surface area contributed by atoms with E-state index in [9.17, 15) is 0 Å². The van der Waals surface area contributed by atoms with Crippen LogP contribution in [0.3, 0.4) is 0 Å². The normalized spacial score (nSPS) is 17.4. The van der Waals surface area contributed by atoms with Crippen molar-refractivity contribution in [3.05, 3.63) is 0 Å². The van der Waals surface area contributed by atoms with Gasteiger partial charge in [-0.05, 0) is 32.2 Å². The van der Waals surface area contributed by atoms with Gasteiger partial charge in [0.25, 0.3) is 0 Å². The molecule has 0 rings (SSSR count). The first-order valence-electron chi connectivity index (χ1n) is 6.50. The lowest BCUT2D eigenvalue weighted by atomic mass is 10.1. The Morgan fingerprint density at radius 1 is 1.13 bits per heavy atom. The van der Waals surface area contributed by atoms with Crippen LogP contribution in [0.1, 0.15) is 53.9 Å². The fraction of sp³-hybridized carbons (Fsp3) is 1.00. The summed E-state index contributed by atoms with van der Waals surface area (Å²) in [6.07, 6.45) is 3.99. The standard InChI is InChI=1S/C13H29NO/c1-6-9-11(4)10-15-12(5)13(7-2)14-8-3/h11-14H,6-10H2,1-5H3. The summed E-state index contributed by atoms with van der Waals surface area (Å²) in [4.78, 5) is 0. The first kappa shape index (κ1) is 14.9. The van der Waals surface area contributed by atoms with E-state index in [2.05, 4.69) is 39.9 Å². The van der Waals surface area contributed by atoms with E-state index < -0.39 is 0 Å². The second-order valence-electron chi connectivity index (χ2n) is 4.50. The third kappa shape index (κ3) is 6.91. The zero-order valence-corrected chi connectivity index (χ0v) is 11.2. The van der Waals surface area contributed by atoms with Gasteiger partial charge in [-0.25, -0.2) is 0 Å². The monoisotopic (exact) mass is 215 g/mol. The molecule has 0 aliphatic rings. The number of nitrogens with one attached hydrogen (secondary N) is 1. The Labute approximate surface area is 95.8 Å². The van der Waals surface area contributed by atoms with Crippen molar-refractivity contribution in [2.24, 2.45) is 5.92 Å². The fourth-order valence-electron chi connectivity index (χ4n) is 1.91. The van der Waals surface area contributed by atoms with Crippen LogP contribution < -0.4 is 5.32 Å². The van der Waals surface area contributed by atoms with Gasteiger partial charge < -0.3 is 10.1 Å². The fourth-order valence-corrected chi connectivity index (χ4v) is 1.91. The van der Waals surface area contributed by atoms with Gasteiger partial charge >= 0.3 is 0 Å². The maximum absolute atomic E-state index is 5.90. The maximum Gasteiger partial charge on any atom is 0.0699 e. The molecule has 3 unspecified atom stereocenters. The van der Waals surface area contributed by atoms with Crippen LogP contribution in [0.2, 0.25) is 0 Å². The van der Waals surface area contributed by atoms with E-state index in [1.807, 2.05) is 0 Å². The molecule has 1 N–H and O–H groups in total. The van der Waals surface area contributed by atoms with E-state index in [1.165, 1.54) is 12.8 Å². The summed E-state index contributed by atoms with van der Waals surface area (Å²) in [5, 5.41) is 3.46.